The molecular formula is C18H24N4. The Morgan fingerprint density at radius 3 is 2.86 bits per heavy atom. The summed E-state index contributed by atoms with van der Waals surface area (Å²) in [5.41, 5.74) is 5.54. The Balaban J connectivity index is 1.51. The number of hydrogen-bond donors (Lipinski definition) is 1. The highest BCUT2D eigenvalue weighted by Crippen LogP contribution is 2.28. The Labute approximate surface area is 131 Å². The van der Waals surface area contributed by atoms with Gasteiger partial charge in [0.2, 0.25) is 0 Å². The molecule has 0 unspecified atom stereocenters. The second-order valence-corrected chi connectivity index (χ2v) is 7.09. The highest BCUT2D eigenvalue weighted by atomic mass is 15.2. The van der Waals surface area contributed by atoms with Gasteiger partial charge in [0, 0.05) is 38.6 Å². The largest absolute Gasteiger partial charge is 0.327 e. The molecule has 1 aromatic heterocycles. The molecule has 1 aromatic carbocycles. The number of hydrogen-bond acceptors (Lipinski definition) is 3. The van der Waals surface area contributed by atoms with Crippen molar-refractivity contribution < 1.29 is 0 Å². The van der Waals surface area contributed by atoms with E-state index in [1.807, 2.05) is 0 Å². The van der Waals surface area contributed by atoms with Crippen LogP contribution in [0, 0.1) is 0 Å². The first-order valence-electron chi connectivity index (χ1n) is 8.84. The van der Waals surface area contributed by atoms with Gasteiger partial charge in [-0.05, 0) is 49.1 Å². The fraction of sp³-hybridized carbons (Fsp3) is 0.611. The Morgan fingerprint density at radius 2 is 2.00 bits per heavy atom. The Bertz CT molecular complexity index is 713. The van der Waals surface area contributed by atoms with Crippen LogP contribution in [-0.2, 0) is 25.9 Å². The van der Waals surface area contributed by atoms with Gasteiger partial charge < -0.3 is 9.88 Å². The van der Waals surface area contributed by atoms with Gasteiger partial charge >= 0.3 is 0 Å². The van der Waals surface area contributed by atoms with Crippen molar-refractivity contribution >= 4 is 11.0 Å². The van der Waals surface area contributed by atoms with Gasteiger partial charge in [0.25, 0.3) is 0 Å². The van der Waals surface area contributed by atoms with Gasteiger partial charge in [-0.15, -0.1) is 0 Å². The first kappa shape index (κ1) is 13.1. The van der Waals surface area contributed by atoms with Crippen molar-refractivity contribution in [3.8, 4) is 0 Å². The number of nitrogens with one attached hydrogen (secondary N) is 1. The monoisotopic (exact) mass is 296 g/mol. The standard InChI is InChI=1S/C18H24N4/c1-2-15(3-1)21-7-5-18-20-16-10-13-4-6-19-12-14(13)11-17(16)22(18)9-8-21/h10-11,15,19H,1-9,12H2. The topological polar surface area (TPSA) is 33.1 Å². The zero-order valence-corrected chi connectivity index (χ0v) is 13.1. The molecule has 116 valence electrons. The molecule has 22 heavy (non-hydrogen) atoms. The van der Waals surface area contributed by atoms with E-state index in [-0.39, 0.29) is 0 Å². The van der Waals surface area contributed by atoms with Crippen LogP contribution < -0.4 is 5.32 Å². The van der Waals surface area contributed by atoms with Crippen molar-refractivity contribution in [2.24, 2.45) is 0 Å². The van der Waals surface area contributed by atoms with E-state index >= 15 is 0 Å². The molecule has 4 heteroatoms. The lowest BCUT2D eigenvalue weighted by Gasteiger charge is -2.36. The summed E-state index contributed by atoms with van der Waals surface area (Å²) in [5.74, 6) is 1.30. The normalized spacial score (nSPS) is 22.9. The predicted octanol–water partition coefficient (Wildman–Crippen LogP) is 2.09. The zero-order valence-electron chi connectivity index (χ0n) is 13.1. The van der Waals surface area contributed by atoms with Crippen LogP contribution in [0.1, 0.15) is 36.2 Å². The SMILES string of the molecule is c1c2c(cc3c1nc1n3CCN(C3CCC3)CC1)CNCC2. The molecule has 1 N–H and O–H groups in total. The van der Waals surface area contributed by atoms with Crippen LogP contribution in [0.25, 0.3) is 11.0 Å². The summed E-state index contributed by atoms with van der Waals surface area (Å²) in [6.45, 7) is 5.60. The number of rotatable bonds is 1. The summed E-state index contributed by atoms with van der Waals surface area (Å²) in [4.78, 5) is 7.67. The highest BCUT2D eigenvalue weighted by molar-refractivity contribution is 5.78. The zero-order chi connectivity index (χ0) is 14.5. The number of aromatic nitrogens is 2. The molecule has 0 spiro atoms. The molecule has 0 amide bonds. The van der Waals surface area contributed by atoms with Crippen LogP contribution in [0.4, 0.5) is 0 Å². The van der Waals surface area contributed by atoms with Gasteiger partial charge in [-0.1, -0.05) is 6.42 Å². The van der Waals surface area contributed by atoms with E-state index in [4.69, 9.17) is 4.98 Å². The summed E-state index contributed by atoms with van der Waals surface area (Å²) in [6, 6.07) is 5.59. The van der Waals surface area contributed by atoms with Gasteiger partial charge in [0.15, 0.2) is 0 Å². The molecule has 2 aromatic rings. The molecule has 0 atom stereocenters. The Hall–Kier alpha value is -1.39. The molecular weight excluding hydrogens is 272 g/mol. The molecule has 1 aliphatic carbocycles. The van der Waals surface area contributed by atoms with E-state index in [9.17, 15) is 0 Å². The number of imidazole rings is 1. The van der Waals surface area contributed by atoms with Crippen LogP contribution in [-0.4, -0.2) is 40.1 Å². The summed E-state index contributed by atoms with van der Waals surface area (Å²) in [6.07, 6.45) is 6.48. The lowest BCUT2D eigenvalue weighted by molar-refractivity contribution is 0.130. The average molecular weight is 296 g/mol. The summed E-state index contributed by atoms with van der Waals surface area (Å²) < 4.78 is 2.49. The quantitative estimate of drug-likeness (QED) is 0.875. The van der Waals surface area contributed by atoms with Crippen molar-refractivity contribution in [2.45, 2.75) is 51.2 Å². The molecule has 1 fully saturated rings. The lowest BCUT2D eigenvalue weighted by Crippen LogP contribution is -2.41. The van der Waals surface area contributed by atoms with Gasteiger partial charge in [-0.25, -0.2) is 4.98 Å². The molecule has 0 radical (unpaired) electrons. The number of fused-ring (bicyclic) bond motifs is 4. The van der Waals surface area contributed by atoms with Gasteiger partial charge in [0.1, 0.15) is 5.82 Å². The minimum Gasteiger partial charge on any atom is -0.327 e. The number of nitrogens with zero attached hydrogens (tertiary/aromatic N) is 3. The Morgan fingerprint density at radius 1 is 1.05 bits per heavy atom. The second kappa shape index (κ2) is 5.07. The summed E-state index contributed by atoms with van der Waals surface area (Å²) >= 11 is 0. The third-order valence-corrected chi connectivity index (χ3v) is 5.86. The van der Waals surface area contributed by atoms with E-state index in [1.54, 1.807) is 0 Å². The van der Waals surface area contributed by atoms with Crippen LogP contribution in [0.15, 0.2) is 12.1 Å². The van der Waals surface area contributed by atoms with Crippen molar-refractivity contribution in [3.63, 3.8) is 0 Å². The molecule has 3 aliphatic rings. The molecule has 0 saturated heterocycles. The molecule has 2 aliphatic heterocycles. The first-order valence-corrected chi connectivity index (χ1v) is 8.84. The van der Waals surface area contributed by atoms with Crippen LogP contribution in [0.3, 0.4) is 0 Å². The van der Waals surface area contributed by atoms with Crippen molar-refractivity contribution in [1.82, 2.24) is 19.8 Å². The molecule has 1 saturated carbocycles. The van der Waals surface area contributed by atoms with Crippen molar-refractivity contribution in [2.75, 3.05) is 19.6 Å². The average Bonchev–Trinajstić information content (AvgIpc) is 2.69. The van der Waals surface area contributed by atoms with Crippen molar-refractivity contribution in [1.29, 1.82) is 0 Å². The second-order valence-electron chi connectivity index (χ2n) is 7.09. The third kappa shape index (κ3) is 2.01. The molecule has 3 heterocycles. The highest BCUT2D eigenvalue weighted by Gasteiger charge is 2.27. The van der Waals surface area contributed by atoms with Gasteiger partial charge in [-0.2, -0.15) is 0 Å². The van der Waals surface area contributed by atoms with E-state index in [0.717, 1.165) is 38.5 Å². The molecule has 0 bridgehead atoms. The minimum atomic E-state index is 0.854. The maximum atomic E-state index is 4.97. The van der Waals surface area contributed by atoms with Crippen molar-refractivity contribution in [3.05, 3.63) is 29.1 Å². The molecule has 5 rings (SSSR count). The van der Waals surface area contributed by atoms with E-state index in [0.29, 0.717) is 0 Å². The van der Waals surface area contributed by atoms with E-state index < -0.39 is 0 Å². The number of benzene rings is 1. The van der Waals surface area contributed by atoms with Crippen LogP contribution >= 0.6 is 0 Å². The minimum absolute atomic E-state index is 0.854. The fourth-order valence-electron chi connectivity index (χ4n) is 4.29. The van der Waals surface area contributed by atoms with Crippen LogP contribution in [0.5, 0.6) is 0 Å². The molecule has 4 nitrogen and oxygen atoms in total. The maximum Gasteiger partial charge on any atom is 0.111 e. The van der Waals surface area contributed by atoms with Crippen LogP contribution in [0.2, 0.25) is 0 Å². The predicted molar refractivity (Wildman–Crippen MR) is 88.1 cm³/mol. The summed E-state index contributed by atoms with van der Waals surface area (Å²) in [7, 11) is 0. The Kier molecular flexibility index (Phi) is 3.01. The summed E-state index contributed by atoms with van der Waals surface area (Å²) in [5, 5.41) is 3.49. The third-order valence-electron chi connectivity index (χ3n) is 5.86. The maximum absolute atomic E-state index is 4.97. The van der Waals surface area contributed by atoms with E-state index in [1.165, 1.54) is 60.3 Å². The van der Waals surface area contributed by atoms with E-state index in [2.05, 4.69) is 26.9 Å². The smallest absolute Gasteiger partial charge is 0.111 e. The fourth-order valence-corrected chi connectivity index (χ4v) is 4.29. The van der Waals surface area contributed by atoms with Gasteiger partial charge in [0.05, 0.1) is 11.0 Å². The first-order chi connectivity index (χ1) is 10.9. The lowest BCUT2D eigenvalue weighted by atomic mass is 9.91. The van der Waals surface area contributed by atoms with Gasteiger partial charge in [-0.3, -0.25) is 4.90 Å².